The summed E-state index contributed by atoms with van der Waals surface area (Å²) in [6.07, 6.45) is 5.93. The monoisotopic (exact) mass is 291 g/mol. The molecule has 20 heavy (non-hydrogen) atoms. The Morgan fingerprint density at radius 3 is 2.65 bits per heavy atom. The minimum atomic E-state index is 0.127. The van der Waals surface area contributed by atoms with E-state index in [1.807, 2.05) is 24.3 Å². The predicted octanol–water partition coefficient (Wildman–Crippen LogP) is 3.82. The van der Waals surface area contributed by atoms with Crippen LogP contribution in [0.5, 0.6) is 0 Å². The number of fused-ring (bicyclic) bond motifs is 2. The second-order valence-electron chi connectivity index (χ2n) is 6.50. The van der Waals surface area contributed by atoms with E-state index in [-0.39, 0.29) is 5.91 Å². The van der Waals surface area contributed by atoms with Crippen molar-refractivity contribution in [3.05, 3.63) is 34.9 Å². The summed E-state index contributed by atoms with van der Waals surface area (Å²) >= 11 is 5.85. The van der Waals surface area contributed by atoms with Gasteiger partial charge in [-0.05, 0) is 61.6 Å². The van der Waals surface area contributed by atoms with E-state index in [1.165, 1.54) is 25.7 Å². The van der Waals surface area contributed by atoms with Crippen LogP contribution >= 0.6 is 11.6 Å². The van der Waals surface area contributed by atoms with E-state index < -0.39 is 0 Å². The number of hydrogen-bond donors (Lipinski definition) is 1. The first kappa shape index (κ1) is 13.9. The van der Waals surface area contributed by atoms with Gasteiger partial charge in [0.05, 0.1) is 6.42 Å². The lowest BCUT2D eigenvalue weighted by molar-refractivity contribution is -0.121. The van der Waals surface area contributed by atoms with Gasteiger partial charge in [0.1, 0.15) is 0 Å². The Bertz CT molecular complexity index is 484. The van der Waals surface area contributed by atoms with Crippen molar-refractivity contribution in [3.8, 4) is 0 Å². The summed E-state index contributed by atoms with van der Waals surface area (Å²) in [6, 6.07) is 7.83. The van der Waals surface area contributed by atoms with Crippen molar-refractivity contribution in [1.29, 1.82) is 0 Å². The van der Waals surface area contributed by atoms with Gasteiger partial charge in [-0.1, -0.05) is 30.2 Å². The molecule has 0 aliphatic heterocycles. The molecule has 0 unspecified atom stereocenters. The first-order chi connectivity index (χ1) is 9.61. The number of benzene rings is 1. The van der Waals surface area contributed by atoms with Crippen LogP contribution in [0.15, 0.2) is 24.3 Å². The van der Waals surface area contributed by atoms with Crippen molar-refractivity contribution in [3.63, 3.8) is 0 Å². The lowest BCUT2D eigenvalue weighted by Gasteiger charge is -2.28. The molecule has 2 saturated carbocycles. The fourth-order valence-corrected chi connectivity index (χ4v) is 4.23. The molecular formula is C17H22ClNO. The van der Waals surface area contributed by atoms with E-state index in [4.69, 9.17) is 11.6 Å². The zero-order valence-corrected chi connectivity index (χ0v) is 12.7. The fourth-order valence-electron chi connectivity index (χ4n) is 4.11. The SMILES string of the molecule is C[C@@H](NC(=O)Cc1ccc(Cl)cc1)[C@H]1C[C@H]2CC[C@H]1C2. The molecule has 1 aromatic carbocycles. The fraction of sp³-hybridized carbons (Fsp3) is 0.588. The molecule has 0 spiro atoms. The Labute approximate surface area is 125 Å². The highest BCUT2D eigenvalue weighted by Gasteiger charge is 2.42. The van der Waals surface area contributed by atoms with Gasteiger partial charge in [-0.2, -0.15) is 0 Å². The van der Waals surface area contributed by atoms with Crippen LogP contribution in [0.4, 0.5) is 0 Å². The van der Waals surface area contributed by atoms with Gasteiger partial charge in [-0.25, -0.2) is 0 Å². The number of carbonyl (C=O) groups is 1. The highest BCUT2D eigenvalue weighted by atomic mass is 35.5. The van der Waals surface area contributed by atoms with Crippen LogP contribution in [0.25, 0.3) is 0 Å². The van der Waals surface area contributed by atoms with Gasteiger partial charge in [0.25, 0.3) is 0 Å². The van der Waals surface area contributed by atoms with Crippen LogP contribution in [0.3, 0.4) is 0 Å². The molecule has 4 atom stereocenters. The summed E-state index contributed by atoms with van der Waals surface area (Å²) in [5.41, 5.74) is 1.02. The lowest BCUT2D eigenvalue weighted by Crippen LogP contribution is -2.40. The maximum atomic E-state index is 12.1. The zero-order valence-electron chi connectivity index (χ0n) is 11.9. The Morgan fingerprint density at radius 1 is 1.30 bits per heavy atom. The Balaban J connectivity index is 1.52. The molecule has 1 amide bonds. The summed E-state index contributed by atoms with van der Waals surface area (Å²) in [5.74, 6) is 2.61. The number of amides is 1. The van der Waals surface area contributed by atoms with Crippen LogP contribution in [0, 0.1) is 17.8 Å². The smallest absolute Gasteiger partial charge is 0.224 e. The number of nitrogens with one attached hydrogen (secondary N) is 1. The number of hydrogen-bond acceptors (Lipinski definition) is 1. The number of carbonyl (C=O) groups excluding carboxylic acids is 1. The van der Waals surface area contributed by atoms with Crippen molar-refractivity contribution in [2.75, 3.05) is 0 Å². The third-order valence-corrected chi connectivity index (χ3v) is 5.35. The third-order valence-electron chi connectivity index (χ3n) is 5.10. The molecule has 0 heterocycles. The summed E-state index contributed by atoms with van der Waals surface area (Å²) in [7, 11) is 0. The Hall–Kier alpha value is -1.02. The second-order valence-corrected chi connectivity index (χ2v) is 6.93. The summed E-state index contributed by atoms with van der Waals surface area (Å²) < 4.78 is 0. The third kappa shape index (κ3) is 3.01. The quantitative estimate of drug-likeness (QED) is 0.898. The Morgan fingerprint density at radius 2 is 2.05 bits per heavy atom. The standard InChI is InChI=1S/C17H22ClNO/c1-11(16-9-13-2-5-14(16)8-13)19-17(20)10-12-3-6-15(18)7-4-12/h3-4,6-7,11,13-14,16H,2,5,8-10H2,1H3,(H,19,20)/t11-,13+,14+,16-/m1/s1. The maximum Gasteiger partial charge on any atom is 0.224 e. The van der Waals surface area contributed by atoms with Gasteiger partial charge >= 0.3 is 0 Å². The van der Waals surface area contributed by atoms with Crippen LogP contribution in [-0.2, 0) is 11.2 Å². The molecule has 108 valence electrons. The van der Waals surface area contributed by atoms with E-state index in [0.29, 0.717) is 23.4 Å². The topological polar surface area (TPSA) is 29.1 Å². The summed E-state index contributed by atoms with van der Waals surface area (Å²) in [4.78, 5) is 12.1. The molecular weight excluding hydrogens is 270 g/mol. The van der Waals surface area contributed by atoms with E-state index >= 15 is 0 Å². The predicted molar refractivity (Wildman–Crippen MR) is 81.7 cm³/mol. The first-order valence-corrected chi connectivity index (χ1v) is 8.03. The average molecular weight is 292 g/mol. The van der Waals surface area contributed by atoms with Crippen LogP contribution in [-0.4, -0.2) is 11.9 Å². The highest BCUT2D eigenvalue weighted by Crippen LogP contribution is 2.49. The minimum absolute atomic E-state index is 0.127. The molecule has 2 aliphatic rings. The first-order valence-electron chi connectivity index (χ1n) is 7.65. The second kappa shape index (κ2) is 5.77. The molecule has 0 radical (unpaired) electrons. The van der Waals surface area contributed by atoms with Crippen LogP contribution < -0.4 is 5.32 Å². The normalized spacial score (nSPS) is 29.4. The van der Waals surface area contributed by atoms with Crippen molar-refractivity contribution in [2.24, 2.45) is 17.8 Å². The zero-order chi connectivity index (χ0) is 14.1. The maximum absolute atomic E-state index is 12.1. The van der Waals surface area contributed by atoms with E-state index in [2.05, 4.69) is 12.2 Å². The largest absolute Gasteiger partial charge is 0.353 e. The molecule has 2 aliphatic carbocycles. The minimum Gasteiger partial charge on any atom is -0.353 e. The molecule has 2 nitrogen and oxygen atoms in total. The van der Waals surface area contributed by atoms with Gasteiger partial charge in [-0.15, -0.1) is 0 Å². The van der Waals surface area contributed by atoms with Crippen molar-refractivity contribution in [2.45, 2.75) is 45.1 Å². The molecule has 0 saturated heterocycles. The van der Waals surface area contributed by atoms with Crippen molar-refractivity contribution >= 4 is 17.5 Å². The molecule has 3 rings (SSSR count). The molecule has 0 aromatic heterocycles. The van der Waals surface area contributed by atoms with Crippen LogP contribution in [0.1, 0.15) is 38.2 Å². The molecule has 1 N–H and O–H groups in total. The van der Waals surface area contributed by atoms with E-state index in [1.54, 1.807) is 0 Å². The molecule has 3 heteroatoms. The van der Waals surface area contributed by atoms with Gasteiger partial charge in [0, 0.05) is 11.1 Å². The summed E-state index contributed by atoms with van der Waals surface area (Å²) in [6.45, 7) is 2.17. The molecule has 2 bridgehead atoms. The van der Waals surface area contributed by atoms with Gasteiger partial charge in [0.15, 0.2) is 0 Å². The molecule has 1 aromatic rings. The lowest BCUT2D eigenvalue weighted by atomic mass is 9.84. The van der Waals surface area contributed by atoms with E-state index in [0.717, 1.165) is 17.4 Å². The number of halogens is 1. The van der Waals surface area contributed by atoms with Crippen molar-refractivity contribution < 1.29 is 4.79 Å². The van der Waals surface area contributed by atoms with Gasteiger partial charge in [0.2, 0.25) is 5.91 Å². The van der Waals surface area contributed by atoms with Gasteiger partial charge < -0.3 is 5.32 Å². The Kier molecular flexibility index (Phi) is 4.02. The average Bonchev–Trinajstić information content (AvgIpc) is 3.03. The van der Waals surface area contributed by atoms with Gasteiger partial charge in [-0.3, -0.25) is 4.79 Å². The van der Waals surface area contributed by atoms with Crippen molar-refractivity contribution in [1.82, 2.24) is 5.32 Å². The number of rotatable bonds is 4. The summed E-state index contributed by atoms with van der Waals surface area (Å²) in [5, 5.41) is 3.91. The molecule has 2 fully saturated rings. The van der Waals surface area contributed by atoms with Crippen LogP contribution in [0.2, 0.25) is 5.02 Å². The van der Waals surface area contributed by atoms with E-state index in [9.17, 15) is 4.79 Å². The highest BCUT2D eigenvalue weighted by molar-refractivity contribution is 6.30.